The average molecular weight is 353 g/mol. The number of nitrogens with zero attached hydrogens (tertiary/aromatic N) is 4. The number of rotatable bonds is 5. The van der Waals surface area contributed by atoms with Crippen molar-refractivity contribution in [3.05, 3.63) is 53.9 Å². The van der Waals surface area contributed by atoms with E-state index in [4.69, 9.17) is 0 Å². The van der Waals surface area contributed by atoms with Crippen LogP contribution in [0, 0.1) is 0 Å². The zero-order chi connectivity index (χ0) is 18.4. The summed E-state index contributed by atoms with van der Waals surface area (Å²) in [5.41, 5.74) is 1.63. The number of anilines is 1. The van der Waals surface area contributed by atoms with Crippen LogP contribution in [0.5, 0.6) is 0 Å². The fraction of sp³-hybridized carbons (Fsp3) is 0.368. The summed E-state index contributed by atoms with van der Waals surface area (Å²) in [6.45, 7) is 4.88. The van der Waals surface area contributed by atoms with Crippen LogP contribution >= 0.6 is 0 Å². The summed E-state index contributed by atoms with van der Waals surface area (Å²) in [4.78, 5) is 36.0. The van der Waals surface area contributed by atoms with Crippen LogP contribution in [0.15, 0.2) is 42.7 Å². The van der Waals surface area contributed by atoms with Gasteiger partial charge < -0.3 is 15.1 Å². The van der Waals surface area contributed by atoms with Crippen LogP contribution in [0.4, 0.5) is 5.95 Å². The van der Waals surface area contributed by atoms with Crippen LogP contribution in [-0.2, 0) is 11.2 Å². The predicted octanol–water partition coefficient (Wildman–Crippen LogP) is 1.12. The van der Waals surface area contributed by atoms with Gasteiger partial charge in [0.1, 0.15) is 0 Å². The van der Waals surface area contributed by atoms with Crippen LogP contribution in [0.2, 0.25) is 0 Å². The molecule has 0 aliphatic carbocycles. The number of benzene rings is 1. The van der Waals surface area contributed by atoms with Crippen molar-refractivity contribution in [3.63, 3.8) is 0 Å². The van der Waals surface area contributed by atoms with E-state index in [1.54, 1.807) is 19.3 Å². The summed E-state index contributed by atoms with van der Waals surface area (Å²) in [6.07, 6.45) is 3.89. The zero-order valence-corrected chi connectivity index (χ0v) is 14.9. The van der Waals surface area contributed by atoms with Crippen molar-refractivity contribution in [2.75, 3.05) is 37.6 Å². The molecule has 0 unspecified atom stereocenters. The molecule has 1 N–H and O–H groups in total. The third kappa shape index (κ3) is 4.56. The first kappa shape index (κ1) is 17.8. The molecule has 0 spiro atoms. The minimum Gasteiger partial charge on any atom is -0.352 e. The molecular weight excluding hydrogens is 330 g/mol. The van der Waals surface area contributed by atoms with Crippen LogP contribution in [-0.4, -0.2) is 59.4 Å². The normalized spacial score (nSPS) is 14.2. The molecule has 0 saturated carbocycles. The van der Waals surface area contributed by atoms with Gasteiger partial charge in [0.25, 0.3) is 5.91 Å². The molecule has 2 heterocycles. The Labute approximate surface area is 153 Å². The number of carbonyl (C=O) groups excluding carboxylic acids is 2. The molecule has 1 saturated heterocycles. The van der Waals surface area contributed by atoms with Gasteiger partial charge in [0.2, 0.25) is 11.9 Å². The van der Waals surface area contributed by atoms with Crippen LogP contribution in [0.3, 0.4) is 0 Å². The maximum atomic E-state index is 12.2. The molecule has 7 heteroatoms. The van der Waals surface area contributed by atoms with Crippen LogP contribution < -0.4 is 10.2 Å². The minimum atomic E-state index is -0.172. The lowest BCUT2D eigenvalue weighted by molar-refractivity contribution is -0.129. The number of amides is 2. The van der Waals surface area contributed by atoms with Gasteiger partial charge in [-0.25, -0.2) is 9.97 Å². The van der Waals surface area contributed by atoms with Gasteiger partial charge in [-0.05, 0) is 12.0 Å². The van der Waals surface area contributed by atoms with Crippen molar-refractivity contribution < 1.29 is 9.59 Å². The highest BCUT2D eigenvalue weighted by molar-refractivity contribution is 5.93. The van der Waals surface area contributed by atoms with E-state index < -0.39 is 0 Å². The number of hydrogen-bond acceptors (Lipinski definition) is 5. The summed E-state index contributed by atoms with van der Waals surface area (Å²) in [5, 5.41) is 2.89. The third-order valence-corrected chi connectivity index (χ3v) is 4.45. The number of carbonyl (C=O) groups is 2. The molecule has 0 atom stereocenters. The molecule has 26 heavy (non-hydrogen) atoms. The summed E-state index contributed by atoms with van der Waals surface area (Å²) in [5.74, 6) is 0.510. The number of piperazine rings is 1. The first-order valence-corrected chi connectivity index (χ1v) is 8.78. The number of hydrogen-bond donors (Lipinski definition) is 1. The van der Waals surface area contributed by atoms with Gasteiger partial charge in [0, 0.05) is 52.0 Å². The van der Waals surface area contributed by atoms with Crippen molar-refractivity contribution in [2.45, 2.75) is 13.3 Å². The van der Waals surface area contributed by atoms with E-state index in [9.17, 15) is 9.59 Å². The van der Waals surface area contributed by atoms with E-state index in [0.717, 1.165) is 6.42 Å². The van der Waals surface area contributed by atoms with E-state index in [1.807, 2.05) is 40.1 Å². The second-order valence-electron chi connectivity index (χ2n) is 6.26. The molecule has 2 amide bonds. The second-order valence-corrected chi connectivity index (χ2v) is 6.26. The molecule has 0 bridgehead atoms. The molecule has 1 aliphatic rings. The van der Waals surface area contributed by atoms with Gasteiger partial charge in [-0.1, -0.05) is 30.3 Å². The Kier molecular flexibility index (Phi) is 5.78. The highest BCUT2D eigenvalue weighted by Gasteiger charge is 2.20. The molecule has 1 fully saturated rings. The van der Waals surface area contributed by atoms with Gasteiger partial charge in [0.05, 0.1) is 5.56 Å². The van der Waals surface area contributed by atoms with Gasteiger partial charge in [0.15, 0.2) is 0 Å². The first-order valence-electron chi connectivity index (χ1n) is 8.78. The monoisotopic (exact) mass is 353 g/mol. The zero-order valence-electron chi connectivity index (χ0n) is 14.9. The number of aromatic nitrogens is 2. The van der Waals surface area contributed by atoms with Gasteiger partial charge >= 0.3 is 0 Å². The molecule has 1 aromatic heterocycles. The SMILES string of the molecule is CC(=O)N1CCN(c2ncc(C(=O)NCCc3ccccc3)cn2)CC1. The first-order chi connectivity index (χ1) is 12.6. The minimum absolute atomic E-state index is 0.0908. The lowest BCUT2D eigenvalue weighted by atomic mass is 10.1. The maximum absolute atomic E-state index is 12.2. The smallest absolute Gasteiger partial charge is 0.254 e. The molecule has 2 aromatic rings. The largest absolute Gasteiger partial charge is 0.352 e. The molecule has 7 nitrogen and oxygen atoms in total. The molecule has 136 valence electrons. The van der Waals surface area contributed by atoms with Gasteiger partial charge in [-0.15, -0.1) is 0 Å². The Morgan fingerprint density at radius 2 is 1.69 bits per heavy atom. The average Bonchev–Trinajstić information content (AvgIpc) is 2.69. The molecule has 1 aliphatic heterocycles. The van der Waals surface area contributed by atoms with Crippen LogP contribution in [0.25, 0.3) is 0 Å². The lowest BCUT2D eigenvalue weighted by Gasteiger charge is -2.34. The van der Waals surface area contributed by atoms with Crippen molar-refractivity contribution in [1.29, 1.82) is 0 Å². The number of nitrogens with one attached hydrogen (secondary N) is 1. The van der Waals surface area contributed by atoms with Crippen molar-refractivity contribution in [2.24, 2.45) is 0 Å². The van der Waals surface area contributed by atoms with E-state index in [-0.39, 0.29) is 11.8 Å². The standard InChI is InChI=1S/C19H23N5O2/c1-15(25)23-9-11-24(12-10-23)19-21-13-17(14-22-19)18(26)20-8-7-16-5-3-2-4-6-16/h2-6,13-14H,7-12H2,1H3,(H,20,26). The molecule has 3 rings (SSSR count). The van der Waals surface area contributed by atoms with Crippen molar-refractivity contribution in [3.8, 4) is 0 Å². The molecule has 0 radical (unpaired) electrons. The molecular formula is C19H23N5O2. The lowest BCUT2D eigenvalue weighted by Crippen LogP contribution is -2.48. The van der Waals surface area contributed by atoms with E-state index in [2.05, 4.69) is 15.3 Å². The Morgan fingerprint density at radius 3 is 2.31 bits per heavy atom. The summed E-state index contributed by atoms with van der Waals surface area (Å²) in [6, 6.07) is 10.0. The highest BCUT2D eigenvalue weighted by Crippen LogP contribution is 2.11. The summed E-state index contributed by atoms with van der Waals surface area (Å²) < 4.78 is 0. The Morgan fingerprint density at radius 1 is 1.04 bits per heavy atom. The topological polar surface area (TPSA) is 78.4 Å². The van der Waals surface area contributed by atoms with Crippen molar-refractivity contribution in [1.82, 2.24) is 20.2 Å². The van der Waals surface area contributed by atoms with Gasteiger partial charge in [-0.2, -0.15) is 0 Å². The van der Waals surface area contributed by atoms with Crippen molar-refractivity contribution >= 4 is 17.8 Å². The van der Waals surface area contributed by atoms with Crippen LogP contribution in [0.1, 0.15) is 22.8 Å². The molecule has 1 aromatic carbocycles. The fourth-order valence-electron chi connectivity index (χ4n) is 2.89. The van der Waals surface area contributed by atoms with Gasteiger partial charge in [-0.3, -0.25) is 9.59 Å². The van der Waals surface area contributed by atoms with E-state index >= 15 is 0 Å². The second kappa shape index (κ2) is 8.42. The van der Waals surface area contributed by atoms with E-state index in [0.29, 0.717) is 44.2 Å². The Balaban J connectivity index is 1.49. The summed E-state index contributed by atoms with van der Waals surface area (Å²) in [7, 11) is 0. The maximum Gasteiger partial charge on any atom is 0.254 e. The predicted molar refractivity (Wildman–Crippen MR) is 99.0 cm³/mol. The fourth-order valence-corrected chi connectivity index (χ4v) is 2.89. The van der Waals surface area contributed by atoms with E-state index in [1.165, 1.54) is 5.56 Å². The quantitative estimate of drug-likeness (QED) is 0.871. The highest BCUT2D eigenvalue weighted by atomic mass is 16.2. The Bertz CT molecular complexity index is 740. The summed E-state index contributed by atoms with van der Waals surface area (Å²) >= 11 is 0. The Hall–Kier alpha value is -2.96. The third-order valence-electron chi connectivity index (χ3n) is 4.45.